The van der Waals surface area contributed by atoms with Gasteiger partial charge in [0, 0.05) is 28.8 Å². The number of benzene rings is 2. The lowest BCUT2D eigenvalue weighted by Gasteiger charge is -2.07. The summed E-state index contributed by atoms with van der Waals surface area (Å²) < 4.78 is 1.08. The van der Waals surface area contributed by atoms with Crippen LogP contribution in [-0.2, 0) is 6.54 Å². The highest BCUT2D eigenvalue weighted by Crippen LogP contribution is 2.19. The molecule has 0 aromatic heterocycles. The zero-order valence-corrected chi connectivity index (χ0v) is 12.0. The number of nitro benzene ring substituents is 1. The largest absolute Gasteiger partial charge is 0.381 e. The van der Waals surface area contributed by atoms with Crippen LogP contribution in [0.3, 0.4) is 0 Å². The molecular weight excluding hydrogens is 308 g/mol. The van der Waals surface area contributed by atoms with Crippen molar-refractivity contribution in [2.24, 2.45) is 0 Å². The van der Waals surface area contributed by atoms with E-state index in [0.717, 1.165) is 15.7 Å². The lowest BCUT2D eigenvalue weighted by atomic mass is 10.1. The second kappa shape index (κ2) is 5.84. The predicted molar refractivity (Wildman–Crippen MR) is 79.3 cm³/mol. The molecule has 0 bridgehead atoms. The van der Waals surface area contributed by atoms with Gasteiger partial charge in [0.1, 0.15) is 0 Å². The first kappa shape index (κ1) is 13.5. The normalized spacial score (nSPS) is 10.2. The Labute approximate surface area is 119 Å². The fourth-order valence-electron chi connectivity index (χ4n) is 1.65. The number of aryl methyl sites for hydroxylation is 1. The van der Waals surface area contributed by atoms with Crippen molar-refractivity contribution in [2.75, 3.05) is 5.32 Å². The van der Waals surface area contributed by atoms with Gasteiger partial charge in [-0.15, -0.1) is 0 Å². The quantitative estimate of drug-likeness (QED) is 0.675. The fraction of sp³-hybridized carbons (Fsp3) is 0.143. The average Bonchev–Trinajstić information content (AvgIpc) is 2.40. The molecule has 0 atom stereocenters. The van der Waals surface area contributed by atoms with E-state index in [1.54, 1.807) is 12.1 Å². The van der Waals surface area contributed by atoms with Crippen molar-refractivity contribution < 1.29 is 4.92 Å². The number of hydrogen-bond acceptors (Lipinski definition) is 3. The lowest BCUT2D eigenvalue weighted by Crippen LogP contribution is -1.99. The Bertz CT molecular complexity index is 597. The molecule has 19 heavy (non-hydrogen) atoms. The van der Waals surface area contributed by atoms with Crippen LogP contribution in [0, 0.1) is 17.0 Å². The Balaban J connectivity index is 2.01. The maximum atomic E-state index is 10.5. The highest BCUT2D eigenvalue weighted by molar-refractivity contribution is 9.10. The van der Waals surface area contributed by atoms with E-state index in [4.69, 9.17) is 0 Å². The summed E-state index contributed by atoms with van der Waals surface area (Å²) in [5.41, 5.74) is 3.31. The molecule has 0 aliphatic carbocycles. The highest BCUT2D eigenvalue weighted by Gasteiger charge is 2.03. The van der Waals surface area contributed by atoms with Gasteiger partial charge in [-0.2, -0.15) is 0 Å². The minimum Gasteiger partial charge on any atom is -0.381 e. The van der Waals surface area contributed by atoms with Gasteiger partial charge in [0.25, 0.3) is 5.69 Å². The van der Waals surface area contributed by atoms with Crippen LogP contribution in [0.1, 0.15) is 11.1 Å². The van der Waals surface area contributed by atoms with E-state index in [9.17, 15) is 10.1 Å². The smallest absolute Gasteiger partial charge is 0.269 e. The first-order valence-corrected chi connectivity index (χ1v) is 6.59. The van der Waals surface area contributed by atoms with Crippen LogP contribution in [0.2, 0.25) is 0 Å². The van der Waals surface area contributed by atoms with Gasteiger partial charge in [0.05, 0.1) is 4.92 Å². The van der Waals surface area contributed by atoms with Crippen molar-refractivity contribution in [2.45, 2.75) is 13.5 Å². The molecule has 0 aliphatic rings. The topological polar surface area (TPSA) is 55.2 Å². The number of nitro groups is 1. The van der Waals surface area contributed by atoms with Crippen LogP contribution >= 0.6 is 15.9 Å². The molecule has 98 valence electrons. The molecule has 0 heterocycles. The van der Waals surface area contributed by atoms with E-state index in [1.807, 2.05) is 6.92 Å². The van der Waals surface area contributed by atoms with Crippen molar-refractivity contribution in [3.05, 3.63) is 68.2 Å². The number of hydrogen-bond donors (Lipinski definition) is 1. The van der Waals surface area contributed by atoms with Crippen molar-refractivity contribution in [3.63, 3.8) is 0 Å². The summed E-state index contributed by atoms with van der Waals surface area (Å²) in [6, 6.07) is 12.6. The van der Waals surface area contributed by atoms with Crippen LogP contribution < -0.4 is 5.32 Å². The van der Waals surface area contributed by atoms with Gasteiger partial charge < -0.3 is 5.32 Å². The number of anilines is 1. The van der Waals surface area contributed by atoms with E-state index >= 15 is 0 Å². The second-order valence-corrected chi connectivity index (χ2v) is 5.10. The van der Waals surface area contributed by atoms with Gasteiger partial charge in [-0.1, -0.05) is 28.1 Å². The zero-order valence-electron chi connectivity index (χ0n) is 10.4. The molecule has 2 aromatic rings. The molecule has 2 aromatic carbocycles. The summed E-state index contributed by atoms with van der Waals surface area (Å²) in [5.74, 6) is 0. The number of nitrogens with one attached hydrogen (secondary N) is 1. The van der Waals surface area contributed by atoms with Gasteiger partial charge in [-0.05, 0) is 36.2 Å². The Morgan fingerprint density at radius 2 is 1.89 bits per heavy atom. The summed E-state index contributed by atoms with van der Waals surface area (Å²) in [7, 11) is 0. The molecule has 0 unspecified atom stereocenters. The summed E-state index contributed by atoms with van der Waals surface area (Å²) >= 11 is 3.50. The molecule has 2 rings (SSSR count). The van der Waals surface area contributed by atoms with Crippen molar-refractivity contribution in [1.82, 2.24) is 0 Å². The highest BCUT2D eigenvalue weighted by atomic mass is 79.9. The SMILES string of the molecule is Cc1ccc(CNc2ccc([N+](=O)[O-])cc2)cc1Br. The van der Waals surface area contributed by atoms with Gasteiger partial charge in [-0.3, -0.25) is 10.1 Å². The van der Waals surface area contributed by atoms with Crippen molar-refractivity contribution in [1.29, 1.82) is 0 Å². The summed E-state index contributed by atoms with van der Waals surface area (Å²) in [6.45, 7) is 2.72. The maximum absolute atomic E-state index is 10.5. The molecule has 1 N–H and O–H groups in total. The third-order valence-electron chi connectivity index (χ3n) is 2.81. The Morgan fingerprint density at radius 3 is 2.47 bits per heavy atom. The lowest BCUT2D eigenvalue weighted by molar-refractivity contribution is -0.384. The molecular formula is C14H13BrN2O2. The molecule has 0 saturated heterocycles. The third-order valence-corrected chi connectivity index (χ3v) is 3.67. The molecule has 0 radical (unpaired) electrons. The number of nitrogens with zero attached hydrogens (tertiary/aromatic N) is 1. The van der Waals surface area contributed by atoms with E-state index in [2.05, 4.69) is 39.4 Å². The maximum Gasteiger partial charge on any atom is 0.269 e. The van der Waals surface area contributed by atoms with Crippen molar-refractivity contribution in [3.8, 4) is 0 Å². The zero-order chi connectivity index (χ0) is 13.8. The molecule has 0 fully saturated rings. The molecule has 5 heteroatoms. The Hall–Kier alpha value is -1.88. The van der Waals surface area contributed by atoms with Crippen LogP contribution in [0.25, 0.3) is 0 Å². The van der Waals surface area contributed by atoms with E-state index in [1.165, 1.54) is 17.7 Å². The number of non-ortho nitro benzene ring substituents is 1. The van der Waals surface area contributed by atoms with Crippen LogP contribution in [-0.4, -0.2) is 4.92 Å². The average molecular weight is 321 g/mol. The molecule has 0 spiro atoms. The molecule has 0 amide bonds. The van der Waals surface area contributed by atoms with Crippen LogP contribution in [0.15, 0.2) is 46.9 Å². The summed E-state index contributed by atoms with van der Waals surface area (Å²) in [5, 5.41) is 13.8. The Morgan fingerprint density at radius 1 is 1.21 bits per heavy atom. The van der Waals surface area contributed by atoms with E-state index in [0.29, 0.717) is 6.54 Å². The fourth-order valence-corrected chi connectivity index (χ4v) is 2.08. The first-order valence-electron chi connectivity index (χ1n) is 5.79. The van der Waals surface area contributed by atoms with Gasteiger partial charge in [-0.25, -0.2) is 0 Å². The summed E-state index contributed by atoms with van der Waals surface area (Å²) in [4.78, 5) is 10.1. The van der Waals surface area contributed by atoms with Crippen LogP contribution in [0.5, 0.6) is 0 Å². The van der Waals surface area contributed by atoms with E-state index in [-0.39, 0.29) is 5.69 Å². The van der Waals surface area contributed by atoms with E-state index < -0.39 is 4.92 Å². The molecule has 4 nitrogen and oxygen atoms in total. The minimum atomic E-state index is -0.402. The predicted octanol–water partition coefficient (Wildman–Crippen LogP) is 4.28. The standard InChI is InChI=1S/C14H13BrN2O2/c1-10-2-3-11(8-14(10)15)9-16-12-4-6-13(7-5-12)17(18)19/h2-8,16H,9H2,1H3. The summed E-state index contributed by atoms with van der Waals surface area (Å²) in [6.07, 6.45) is 0. The third kappa shape index (κ3) is 3.54. The second-order valence-electron chi connectivity index (χ2n) is 4.24. The van der Waals surface area contributed by atoms with Gasteiger partial charge in [0.15, 0.2) is 0 Å². The number of halogens is 1. The molecule has 0 saturated carbocycles. The Kier molecular flexibility index (Phi) is 4.16. The van der Waals surface area contributed by atoms with Crippen LogP contribution in [0.4, 0.5) is 11.4 Å². The first-order chi connectivity index (χ1) is 9.06. The van der Waals surface area contributed by atoms with Crippen molar-refractivity contribution >= 4 is 27.3 Å². The molecule has 0 aliphatic heterocycles. The monoisotopic (exact) mass is 320 g/mol. The minimum absolute atomic E-state index is 0.101. The van der Waals surface area contributed by atoms with Gasteiger partial charge in [0.2, 0.25) is 0 Å². The van der Waals surface area contributed by atoms with Gasteiger partial charge >= 0.3 is 0 Å². The number of rotatable bonds is 4.